The number of nitrogens with zero attached hydrogens (tertiary/aromatic N) is 1. The molecule has 0 N–H and O–H groups in total. The summed E-state index contributed by atoms with van der Waals surface area (Å²) in [4.78, 5) is 11.6. The maximum absolute atomic E-state index is 10.1. The summed E-state index contributed by atoms with van der Waals surface area (Å²) >= 11 is 10.9. The van der Waals surface area contributed by atoms with E-state index in [0.29, 0.717) is 0 Å². The molecule has 1 amide bonds. The Morgan fingerprint density at radius 2 is 1.33 bits per heavy atom. The van der Waals surface area contributed by atoms with Crippen molar-refractivity contribution >= 4 is 34.8 Å². The van der Waals surface area contributed by atoms with E-state index in [2.05, 4.69) is 0 Å². The van der Waals surface area contributed by atoms with Gasteiger partial charge in [-0.2, -0.15) is 0 Å². The van der Waals surface area contributed by atoms with E-state index in [1.54, 1.807) is 14.1 Å². The molecule has 0 aliphatic rings. The van der Waals surface area contributed by atoms with Gasteiger partial charge in [0.25, 0.3) is 0 Å². The second-order valence-electron chi connectivity index (χ2n) is 2.74. The molecule has 0 saturated carbocycles. The van der Waals surface area contributed by atoms with Crippen molar-refractivity contribution in [3.05, 3.63) is 0 Å². The number of carbonyl (C=O) groups excluding carboxylic acids is 1. The number of amides is 1. The molecule has 0 aromatic carbocycles. The van der Waals surface area contributed by atoms with Gasteiger partial charge in [-0.25, -0.2) is 0 Å². The van der Waals surface area contributed by atoms with Crippen LogP contribution < -0.4 is 0 Å². The van der Waals surface area contributed by atoms with E-state index in [9.17, 15) is 4.79 Å². The van der Waals surface area contributed by atoms with Gasteiger partial charge in [0.1, 0.15) is 0 Å². The molecule has 0 aromatic heterocycles. The minimum absolute atomic E-state index is 0. The standard InChI is InChI=1S/C4H9NO.C2H6Cl2Si.Zn/c1-4(6)5(2)3;1-5(2,3)4;/h1-3H3;1-2H3;. The molecule has 0 aliphatic carbocycles. The summed E-state index contributed by atoms with van der Waals surface area (Å²) in [5.74, 6) is 0.0926. The number of carbonyl (C=O) groups is 1. The van der Waals surface area contributed by atoms with Crippen LogP contribution in [0.5, 0.6) is 0 Å². The zero-order chi connectivity index (χ0) is 9.65. The molecular formula is C6H15Cl2NOSiZn. The van der Waals surface area contributed by atoms with E-state index in [1.807, 2.05) is 13.1 Å². The summed E-state index contributed by atoms with van der Waals surface area (Å²) in [5, 5.41) is 0. The van der Waals surface area contributed by atoms with Crippen LogP contribution in [0.2, 0.25) is 13.1 Å². The molecule has 0 unspecified atom stereocenters. The minimum atomic E-state index is -1.67. The maximum Gasteiger partial charge on any atom is 0.245 e. The smallest absolute Gasteiger partial charge is 0.245 e. The third-order valence-corrected chi connectivity index (χ3v) is 0.630. The van der Waals surface area contributed by atoms with Crippen molar-refractivity contribution in [2.24, 2.45) is 0 Å². The molecule has 0 radical (unpaired) electrons. The number of rotatable bonds is 0. The Labute approximate surface area is 97.8 Å². The molecule has 0 aliphatic heterocycles. The van der Waals surface area contributed by atoms with Crippen molar-refractivity contribution < 1.29 is 24.3 Å². The second-order valence-corrected chi connectivity index (χ2v) is 11.6. The first kappa shape index (κ1) is 18.6. The first-order valence-electron chi connectivity index (χ1n) is 3.20. The van der Waals surface area contributed by atoms with Crippen molar-refractivity contribution in [2.75, 3.05) is 14.1 Å². The van der Waals surface area contributed by atoms with Crippen molar-refractivity contribution in [3.8, 4) is 0 Å². The maximum atomic E-state index is 10.1. The average molecular weight is 282 g/mol. The number of hydrogen-bond donors (Lipinski definition) is 0. The SMILES string of the molecule is CC(=O)N(C)C.C[Si](C)(Cl)Cl.[Zn]. The van der Waals surface area contributed by atoms with Crippen LogP contribution in [-0.2, 0) is 24.3 Å². The summed E-state index contributed by atoms with van der Waals surface area (Å²) < 4.78 is 0. The molecule has 70 valence electrons. The topological polar surface area (TPSA) is 20.3 Å². The molecule has 0 atom stereocenters. The molecule has 0 heterocycles. The van der Waals surface area contributed by atoms with Crippen LogP contribution in [0.1, 0.15) is 6.92 Å². The summed E-state index contributed by atoms with van der Waals surface area (Å²) in [7, 11) is 3.45. The Bertz CT molecular complexity index is 121. The molecule has 2 nitrogen and oxygen atoms in total. The van der Waals surface area contributed by atoms with Crippen molar-refractivity contribution in [1.82, 2.24) is 4.90 Å². The summed E-state index contributed by atoms with van der Waals surface area (Å²) in [5.41, 5.74) is 0. The van der Waals surface area contributed by atoms with Gasteiger partial charge < -0.3 is 4.90 Å². The van der Waals surface area contributed by atoms with Gasteiger partial charge in [-0.3, -0.25) is 4.79 Å². The molecule has 12 heavy (non-hydrogen) atoms. The first-order valence-corrected chi connectivity index (χ1v) is 8.22. The van der Waals surface area contributed by atoms with Gasteiger partial charge in [-0.1, -0.05) is 0 Å². The molecular weight excluding hydrogens is 266 g/mol. The quantitative estimate of drug-likeness (QED) is 0.493. The van der Waals surface area contributed by atoms with Crippen LogP contribution in [0.3, 0.4) is 0 Å². The largest absolute Gasteiger partial charge is 0.349 e. The Balaban J connectivity index is -0.000000126. The van der Waals surface area contributed by atoms with Gasteiger partial charge in [0.15, 0.2) is 0 Å². The van der Waals surface area contributed by atoms with Crippen LogP contribution in [-0.4, -0.2) is 31.6 Å². The second kappa shape index (κ2) is 8.49. The van der Waals surface area contributed by atoms with Gasteiger partial charge in [0, 0.05) is 40.5 Å². The van der Waals surface area contributed by atoms with E-state index in [1.165, 1.54) is 11.8 Å². The summed E-state index contributed by atoms with van der Waals surface area (Å²) in [6.45, 7) is 3.58. The summed E-state index contributed by atoms with van der Waals surface area (Å²) in [6, 6.07) is 0. The van der Waals surface area contributed by atoms with Crippen molar-refractivity contribution in [2.45, 2.75) is 20.0 Å². The van der Waals surface area contributed by atoms with E-state index < -0.39 is 6.69 Å². The Morgan fingerprint density at radius 3 is 1.33 bits per heavy atom. The van der Waals surface area contributed by atoms with Crippen LogP contribution in [0.25, 0.3) is 0 Å². The van der Waals surface area contributed by atoms with E-state index in [0.717, 1.165) is 0 Å². The molecule has 6 heteroatoms. The van der Waals surface area contributed by atoms with Crippen LogP contribution in [0.15, 0.2) is 0 Å². The van der Waals surface area contributed by atoms with Crippen LogP contribution in [0, 0.1) is 0 Å². The average Bonchev–Trinajstić information content (AvgIpc) is 1.59. The minimum Gasteiger partial charge on any atom is -0.349 e. The van der Waals surface area contributed by atoms with Gasteiger partial charge in [0.2, 0.25) is 12.6 Å². The number of halogens is 2. The van der Waals surface area contributed by atoms with E-state index in [4.69, 9.17) is 22.2 Å². The molecule has 0 aromatic rings. The molecule has 0 bridgehead atoms. The first-order chi connectivity index (χ1) is 4.64. The van der Waals surface area contributed by atoms with E-state index in [-0.39, 0.29) is 25.4 Å². The van der Waals surface area contributed by atoms with Crippen LogP contribution >= 0.6 is 22.2 Å². The van der Waals surface area contributed by atoms with Gasteiger partial charge >= 0.3 is 0 Å². The third-order valence-electron chi connectivity index (χ3n) is 0.630. The molecule has 0 fully saturated rings. The Kier molecular flexibility index (Phi) is 13.2. The fourth-order valence-electron chi connectivity index (χ4n) is 0. The van der Waals surface area contributed by atoms with Crippen molar-refractivity contribution in [1.29, 1.82) is 0 Å². The monoisotopic (exact) mass is 279 g/mol. The zero-order valence-corrected chi connectivity index (χ0v) is 13.8. The zero-order valence-electron chi connectivity index (χ0n) is 8.32. The predicted molar refractivity (Wildman–Crippen MR) is 53.6 cm³/mol. The normalized spacial score (nSPS) is 8.92. The fraction of sp³-hybridized carbons (Fsp3) is 0.833. The van der Waals surface area contributed by atoms with Gasteiger partial charge in [-0.15, -0.1) is 22.2 Å². The number of hydrogen-bond acceptors (Lipinski definition) is 1. The van der Waals surface area contributed by atoms with Gasteiger partial charge in [-0.05, 0) is 13.1 Å². The predicted octanol–water partition coefficient (Wildman–Crippen LogP) is 2.26. The Hall–Kier alpha value is 0.890. The fourth-order valence-corrected chi connectivity index (χ4v) is 0. The van der Waals surface area contributed by atoms with Gasteiger partial charge in [0.05, 0.1) is 0 Å². The van der Waals surface area contributed by atoms with E-state index >= 15 is 0 Å². The van der Waals surface area contributed by atoms with Crippen LogP contribution in [0.4, 0.5) is 0 Å². The molecule has 0 rings (SSSR count). The van der Waals surface area contributed by atoms with Crippen molar-refractivity contribution in [3.63, 3.8) is 0 Å². The molecule has 0 saturated heterocycles. The Morgan fingerprint density at radius 1 is 1.25 bits per heavy atom. The summed E-state index contributed by atoms with van der Waals surface area (Å²) in [6.07, 6.45) is 0. The third kappa shape index (κ3) is 44.5. The molecule has 0 spiro atoms.